The number of rotatable bonds is 5. The van der Waals surface area contributed by atoms with Crippen molar-refractivity contribution in [1.29, 1.82) is 0 Å². The van der Waals surface area contributed by atoms with E-state index in [9.17, 15) is 4.79 Å². The monoisotopic (exact) mass is 361 g/mol. The predicted molar refractivity (Wildman–Crippen MR) is 107 cm³/mol. The van der Waals surface area contributed by atoms with Crippen LogP contribution in [-0.2, 0) is 6.42 Å². The lowest BCUT2D eigenvalue weighted by Gasteiger charge is -2.22. The number of fused-ring (bicyclic) bond motifs is 2. The molecule has 3 aromatic rings. The van der Waals surface area contributed by atoms with Gasteiger partial charge in [0.25, 0.3) is 5.91 Å². The van der Waals surface area contributed by atoms with Crippen LogP contribution in [0.5, 0.6) is 0 Å². The second-order valence-electron chi connectivity index (χ2n) is 6.77. The zero-order valence-corrected chi connectivity index (χ0v) is 15.2. The molecule has 1 aliphatic rings. The highest BCUT2D eigenvalue weighted by atomic mass is 16.3. The molecule has 2 aromatic heterocycles. The standard InChI is InChI=1S/C22H23N3O2/c23-11-5-12-24-22(26)20-17-8-1-2-10-19(17)25-21-15(6-3-9-18(20)21)14-16-7-4-13-27-16/h1-2,4,7-8,10,13-14H,3,5-6,9,11-12,23H2,(H,24,26)/b15-14-. The molecule has 5 heteroatoms. The molecule has 3 N–H and O–H groups in total. The molecule has 1 amide bonds. The third-order valence-electron chi connectivity index (χ3n) is 4.92. The van der Waals surface area contributed by atoms with Gasteiger partial charge in [0.15, 0.2) is 0 Å². The van der Waals surface area contributed by atoms with Gasteiger partial charge in [-0.3, -0.25) is 4.79 Å². The highest BCUT2D eigenvalue weighted by molar-refractivity contribution is 6.09. The summed E-state index contributed by atoms with van der Waals surface area (Å²) in [5, 5.41) is 3.92. The fraction of sp³-hybridized carbons (Fsp3) is 0.273. The van der Waals surface area contributed by atoms with Crippen LogP contribution in [0.25, 0.3) is 22.6 Å². The molecule has 138 valence electrons. The van der Waals surface area contributed by atoms with Crippen molar-refractivity contribution < 1.29 is 9.21 Å². The van der Waals surface area contributed by atoms with E-state index in [0.717, 1.165) is 64.7 Å². The summed E-state index contributed by atoms with van der Waals surface area (Å²) in [6.07, 6.45) is 7.23. The van der Waals surface area contributed by atoms with Crippen LogP contribution in [0.15, 0.2) is 47.1 Å². The van der Waals surface area contributed by atoms with E-state index < -0.39 is 0 Å². The quantitative estimate of drug-likeness (QED) is 0.678. The van der Waals surface area contributed by atoms with Gasteiger partial charge in [0.05, 0.1) is 23.0 Å². The molecule has 0 spiro atoms. The number of allylic oxidation sites excluding steroid dienone is 1. The number of nitrogens with one attached hydrogen (secondary N) is 1. The van der Waals surface area contributed by atoms with Gasteiger partial charge >= 0.3 is 0 Å². The van der Waals surface area contributed by atoms with Gasteiger partial charge in [-0.25, -0.2) is 4.98 Å². The van der Waals surface area contributed by atoms with Crippen molar-refractivity contribution in [2.75, 3.05) is 13.1 Å². The zero-order chi connectivity index (χ0) is 18.6. The Labute approximate surface area is 158 Å². The smallest absolute Gasteiger partial charge is 0.252 e. The van der Waals surface area contributed by atoms with Gasteiger partial charge in [0.1, 0.15) is 5.76 Å². The maximum Gasteiger partial charge on any atom is 0.252 e. The number of amides is 1. The predicted octanol–water partition coefficient (Wildman–Crippen LogP) is 3.78. The Balaban J connectivity index is 1.85. The molecule has 0 bridgehead atoms. The van der Waals surface area contributed by atoms with Crippen molar-refractivity contribution in [3.63, 3.8) is 0 Å². The third-order valence-corrected chi connectivity index (χ3v) is 4.92. The SMILES string of the molecule is NCCCNC(=O)c1c2c(nc3ccccc13)/C(=C\c1ccco1)CCC2. The fourth-order valence-electron chi connectivity index (χ4n) is 3.67. The van der Waals surface area contributed by atoms with Gasteiger partial charge in [0, 0.05) is 11.9 Å². The van der Waals surface area contributed by atoms with Crippen molar-refractivity contribution in [1.82, 2.24) is 10.3 Å². The first-order chi connectivity index (χ1) is 13.3. The van der Waals surface area contributed by atoms with Gasteiger partial charge < -0.3 is 15.5 Å². The summed E-state index contributed by atoms with van der Waals surface area (Å²) in [5.74, 6) is 0.763. The van der Waals surface area contributed by atoms with E-state index in [1.165, 1.54) is 0 Å². The Morgan fingerprint density at radius 1 is 1.22 bits per heavy atom. The summed E-state index contributed by atoms with van der Waals surface area (Å²) in [7, 11) is 0. The van der Waals surface area contributed by atoms with Gasteiger partial charge in [0.2, 0.25) is 0 Å². The molecule has 1 aromatic carbocycles. The topological polar surface area (TPSA) is 81.1 Å². The van der Waals surface area contributed by atoms with E-state index in [4.69, 9.17) is 15.1 Å². The molecule has 0 saturated heterocycles. The molecule has 1 aliphatic carbocycles. The number of aromatic nitrogens is 1. The number of pyridine rings is 1. The van der Waals surface area contributed by atoms with Crippen LogP contribution in [0.1, 0.15) is 46.6 Å². The molecule has 0 radical (unpaired) electrons. The van der Waals surface area contributed by atoms with Gasteiger partial charge in [-0.2, -0.15) is 0 Å². The van der Waals surface area contributed by atoms with E-state index >= 15 is 0 Å². The minimum atomic E-state index is -0.0439. The van der Waals surface area contributed by atoms with Gasteiger partial charge in [-0.15, -0.1) is 0 Å². The largest absolute Gasteiger partial charge is 0.465 e. The number of furan rings is 1. The van der Waals surface area contributed by atoms with Crippen LogP contribution >= 0.6 is 0 Å². The normalized spacial score (nSPS) is 15.1. The number of hydrogen-bond acceptors (Lipinski definition) is 4. The lowest BCUT2D eigenvalue weighted by atomic mass is 9.86. The van der Waals surface area contributed by atoms with E-state index in [1.54, 1.807) is 6.26 Å². The number of hydrogen-bond donors (Lipinski definition) is 2. The van der Waals surface area contributed by atoms with E-state index in [0.29, 0.717) is 13.1 Å². The molecule has 2 heterocycles. The van der Waals surface area contributed by atoms with Crippen molar-refractivity contribution in [2.24, 2.45) is 5.73 Å². The summed E-state index contributed by atoms with van der Waals surface area (Å²) < 4.78 is 5.49. The van der Waals surface area contributed by atoms with Crippen LogP contribution < -0.4 is 11.1 Å². The molecule has 0 saturated carbocycles. The number of carbonyl (C=O) groups excluding carboxylic acids is 1. The van der Waals surface area contributed by atoms with Gasteiger partial charge in [-0.05, 0) is 67.6 Å². The molecule has 0 atom stereocenters. The minimum absolute atomic E-state index is 0.0439. The summed E-state index contributed by atoms with van der Waals surface area (Å²) in [6, 6.07) is 11.7. The zero-order valence-electron chi connectivity index (χ0n) is 15.2. The summed E-state index contributed by atoms with van der Waals surface area (Å²) in [4.78, 5) is 17.9. The van der Waals surface area contributed by atoms with Crippen LogP contribution in [-0.4, -0.2) is 24.0 Å². The molecule has 5 nitrogen and oxygen atoms in total. The number of benzene rings is 1. The molecule has 0 fully saturated rings. The van der Waals surface area contributed by atoms with Crippen LogP contribution in [0.4, 0.5) is 0 Å². The molecular formula is C22H23N3O2. The molecule has 0 aliphatic heterocycles. The van der Waals surface area contributed by atoms with Crippen molar-refractivity contribution in [3.8, 4) is 0 Å². The lowest BCUT2D eigenvalue weighted by Crippen LogP contribution is -2.28. The first kappa shape index (κ1) is 17.5. The first-order valence-electron chi connectivity index (χ1n) is 9.42. The number of carbonyl (C=O) groups is 1. The second-order valence-corrected chi connectivity index (χ2v) is 6.77. The number of para-hydroxylation sites is 1. The van der Waals surface area contributed by atoms with Crippen molar-refractivity contribution >= 4 is 28.5 Å². The average molecular weight is 361 g/mol. The Bertz CT molecular complexity index is 990. The fourth-order valence-corrected chi connectivity index (χ4v) is 3.67. The van der Waals surface area contributed by atoms with Crippen LogP contribution in [0.3, 0.4) is 0 Å². The summed E-state index contributed by atoms with van der Waals surface area (Å²) >= 11 is 0. The highest BCUT2D eigenvalue weighted by Crippen LogP contribution is 2.36. The lowest BCUT2D eigenvalue weighted by molar-refractivity contribution is 0.0954. The Hall–Kier alpha value is -2.92. The van der Waals surface area contributed by atoms with Crippen LogP contribution in [0.2, 0.25) is 0 Å². The highest BCUT2D eigenvalue weighted by Gasteiger charge is 2.25. The molecular weight excluding hydrogens is 338 g/mol. The Morgan fingerprint density at radius 3 is 2.93 bits per heavy atom. The Kier molecular flexibility index (Phi) is 5.03. The van der Waals surface area contributed by atoms with E-state index in [2.05, 4.69) is 5.32 Å². The second kappa shape index (κ2) is 7.76. The van der Waals surface area contributed by atoms with Gasteiger partial charge in [-0.1, -0.05) is 18.2 Å². The van der Waals surface area contributed by atoms with E-state index in [1.807, 2.05) is 42.5 Å². The summed E-state index contributed by atoms with van der Waals surface area (Å²) in [6.45, 7) is 1.14. The first-order valence-corrected chi connectivity index (χ1v) is 9.42. The maximum atomic E-state index is 13.0. The van der Waals surface area contributed by atoms with Crippen molar-refractivity contribution in [3.05, 3.63) is 65.2 Å². The minimum Gasteiger partial charge on any atom is -0.465 e. The van der Waals surface area contributed by atoms with Crippen LogP contribution in [0, 0.1) is 0 Å². The van der Waals surface area contributed by atoms with E-state index in [-0.39, 0.29) is 5.91 Å². The number of nitrogens with two attached hydrogens (primary N) is 1. The molecule has 27 heavy (non-hydrogen) atoms. The third kappa shape index (κ3) is 3.51. The maximum absolute atomic E-state index is 13.0. The molecule has 0 unspecified atom stereocenters. The van der Waals surface area contributed by atoms with Crippen molar-refractivity contribution in [2.45, 2.75) is 25.7 Å². The summed E-state index contributed by atoms with van der Waals surface area (Å²) in [5.41, 5.74) is 10.2. The number of nitrogens with zero attached hydrogens (tertiary/aromatic N) is 1. The molecule has 4 rings (SSSR count). The Morgan fingerprint density at radius 2 is 2.11 bits per heavy atom. The average Bonchev–Trinajstić information content (AvgIpc) is 3.20.